The number of alkyl halides is 3. The van der Waals surface area contributed by atoms with Crippen LogP contribution in [0.2, 0.25) is 0 Å². The molecule has 6 heteroatoms. The molecule has 1 atom stereocenters. The lowest BCUT2D eigenvalue weighted by Crippen LogP contribution is -2.28. The summed E-state index contributed by atoms with van der Waals surface area (Å²) in [5.74, 6) is -0.401. The van der Waals surface area contributed by atoms with Crippen LogP contribution in [0, 0.1) is 0 Å². The van der Waals surface area contributed by atoms with Crippen molar-refractivity contribution in [1.82, 2.24) is 0 Å². The molecule has 0 saturated carbocycles. The van der Waals surface area contributed by atoms with Crippen LogP contribution in [0.25, 0.3) is 0 Å². The molecule has 78 valence electrons. The highest BCUT2D eigenvalue weighted by atomic mass is 19.4. The quantitative estimate of drug-likeness (QED) is 0.482. The molecule has 5 N–H and O–H groups in total. The molecule has 0 aliphatic heterocycles. The molecule has 0 saturated heterocycles. The zero-order valence-corrected chi connectivity index (χ0v) is 7.05. The minimum absolute atomic E-state index is 0.0168. The Morgan fingerprint density at radius 1 is 1.29 bits per heavy atom. The number of benzene rings is 1. The fraction of sp³-hybridized carbons (Fsp3) is 0.250. The van der Waals surface area contributed by atoms with Crippen LogP contribution in [0.5, 0.6) is 5.75 Å². The molecular formula is C8H9F3N2O. The first kappa shape index (κ1) is 10.6. The summed E-state index contributed by atoms with van der Waals surface area (Å²) in [6.07, 6.45) is -4.53. The van der Waals surface area contributed by atoms with Gasteiger partial charge in [0.15, 0.2) is 0 Å². The minimum atomic E-state index is -4.53. The molecule has 0 unspecified atom stereocenters. The molecule has 1 rings (SSSR count). The van der Waals surface area contributed by atoms with Gasteiger partial charge >= 0.3 is 6.18 Å². The lowest BCUT2D eigenvalue weighted by atomic mass is 10.1. The first-order chi connectivity index (χ1) is 6.32. The second-order valence-corrected chi connectivity index (χ2v) is 2.84. The van der Waals surface area contributed by atoms with Crippen molar-refractivity contribution in [3.63, 3.8) is 0 Å². The van der Waals surface area contributed by atoms with Crippen molar-refractivity contribution in [2.24, 2.45) is 5.73 Å². The first-order valence-electron chi connectivity index (χ1n) is 3.73. The highest BCUT2D eigenvalue weighted by Gasteiger charge is 2.37. The summed E-state index contributed by atoms with van der Waals surface area (Å²) in [5.41, 5.74) is 9.94. The zero-order chi connectivity index (χ0) is 10.9. The largest absolute Gasteiger partial charge is 0.506 e. The van der Waals surface area contributed by atoms with Crippen molar-refractivity contribution in [3.05, 3.63) is 23.8 Å². The third-order valence-corrected chi connectivity index (χ3v) is 1.77. The predicted octanol–water partition coefficient (Wildman–Crippen LogP) is 1.54. The van der Waals surface area contributed by atoms with Crippen LogP contribution in [-0.2, 0) is 0 Å². The molecule has 0 aliphatic rings. The van der Waals surface area contributed by atoms with Crippen LogP contribution in [0.1, 0.15) is 11.6 Å². The molecule has 1 aromatic carbocycles. The molecular weight excluding hydrogens is 197 g/mol. The number of halogens is 3. The van der Waals surface area contributed by atoms with Gasteiger partial charge < -0.3 is 16.6 Å². The molecule has 1 aromatic rings. The van der Waals surface area contributed by atoms with Gasteiger partial charge in [-0.25, -0.2) is 0 Å². The topological polar surface area (TPSA) is 72.3 Å². The van der Waals surface area contributed by atoms with Crippen molar-refractivity contribution in [3.8, 4) is 5.75 Å². The number of hydrogen-bond donors (Lipinski definition) is 3. The van der Waals surface area contributed by atoms with Crippen molar-refractivity contribution in [2.75, 3.05) is 5.73 Å². The van der Waals surface area contributed by atoms with Gasteiger partial charge in [-0.2, -0.15) is 13.2 Å². The molecule has 0 radical (unpaired) electrons. The summed E-state index contributed by atoms with van der Waals surface area (Å²) in [6.45, 7) is 0. The van der Waals surface area contributed by atoms with Crippen molar-refractivity contribution < 1.29 is 18.3 Å². The highest BCUT2D eigenvalue weighted by molar-refractivity contribution is 5.53. The average molecular weight is 206 g/mol. The van der Waals surface area contributed by atoms with Crippen molar-refractivity contribution >= 4 is 5.69 Å². The fourth-order valence-corrected chi connectivity index (χ4v) is 0.943. The van der Waals surface area contributed by atoms with E-state index in [1.165, 1.54) is 6.07 Å². The second-order valence-electron chi connectivity index (χ2n) is 2.84. The van der Waals surface area contributed by atoms with Gasteiger partial charge in [0, 0.05) is 0 Å². The molecule has 0 heterocycles. The Morgan fingerprint density at radius 2 is 1.86 bits per heavy atom. The van der Waals surface area contributed by atoms with E-state index in [9.17, 15) is 13.2 Å². The third-order valence-electron chi connectivity index (χ3n) is 1.77. The Hall–Kier alpha value is -1.43. The fourth-order valence-electron chi connectivity index (χ4n) is 0.943. The SMILES string of the molecule is Nc1ccc([C@@H](N)C(F)(F)F)cc1O. The molecule has 3 nitrogen and oxygen atoms in total. The molecule has 0 fully saturated rings. The Bertz CT molecular complexity index is 338. The van der Waals surface area contributed by atoms with E-state index >= 15 is 0 Å². The van der Waals surface area contributed by atoms with Gasteiger partial charge in [-0.05, 0) is 17.7 Å². The van der Waals surface area contributed by atoms with Gasteiger partial charge in [-0.3, -0.25) is 0 Å². The number of phenols is 1. The molecule has 14 heavy (non-hydrogen) atoms. The summed E-state index contributed by atoms with van der Waals surface area (Å²) in [5, 5.41) is 9.07. The first-order valence-corrected chi connectivity index (χ1v) is 3.73. The van der Waals surface area contributed by atoms with Crippen LogP contribution in [0.3, 0.4) is 0 Å². The van der Waals surface area contributed by atoms with E-state index < -0.39 is 18.0 Å². The van der Waals surface area contributed by atoms with E-state index in [4.69, 9.17) is 16.6 Å². The Labute approximate surface area is 78.1 Å². The van der Waals surface area contributed by atoms with E-state index in [1.807, 2.05) is 0 Å². The van der Waals surface area contributed by atoms with Crippen LogP contribution in [-0.4, -0.2) is 11.3 Å². The van der Waals surface area contributed by atoms with Gasteiger partial charge in [0.05, 0.1) is 5.69 Å². The minimum Gasteiger partial charge on any atom is -0.506 e. The molecule has 0 bridgehead atoms. The number of aromatic hydroxyl groups is 1. The summed E-state index contributed by atoms with van der Waals surface area (Å²) in [6, 6.07) is 1.12. The average Bonchev–Trinajstić information content (AvgIpc) is 2.07. The number of rotatable bonds is 1. The molecule has 0 spiro atoms. The number of nitrogen functional groups attached to an aromatic ring is 1. The summed E-state index contributed by atoms with van der Waals surface area (Å²) >= 11 is 0. The molecule has 0 aromatic heterocycles. The number of nitrogens with two attached hydrogens (primary N) is 2. The van der Waals surface area contributed by atoms with E-state index in [-0.39, 0.29) is 11.3 Å². The normalized spacial score (nSPS) is 14.0. The Morgan fingerprint density at radius 3 is 2.29 bits per heavy atom. The monoisotopic (exact) mass is 206 g/mol. The number of hydrogen-bond acceptors (Lipinski definition) is 3. The molecule has 0 amide bonds. The molecule has 0 aliphatic carbocycles. The number of phenolic OH excluding ortho intramolecular Hbond substituents is 1. The maximum atomic E-state index is 12.1. The lowest BCUT2D eigenvalue weighted by molar-refractivity contribution is -0.149. The van der Waals surface area contributed by atoms with Gasteiger partial charge in [0.25, 0.3) is 0 Å². The van der Waals surface area contributed by atoms with E-state index in [1.54, 1.807) is 0 Å². The van der Waals surface area contributed by atoms with E-state index in [0.717, 1.165) is 12.1 Å². The van der Waals surface area contributed by atoms with Crippen LogP contribution in [0.15, 0.2) is 18.2 Å². The van der Waals surface area contributed by atoms with Crippen molar-refractivity contribution in [2.45, 2.75) is 12.2 Å². The highest BCUT2D eigenvalue weighted by Crippen LogP contribution is 2.33. The van der Waals surface area contributed by atoms with E-state index in [2.05, 4.69) is 0 Å². The Kier molecular flexibility index (Phi) is 2.57. The standard InChI is InChI=1S/C8H9F3N2O/c9-8(10,11)7(13)4-1-2-5(12)6(14)3-4/h1-3,7,14H,12-13H2/t7-/m1/s1. The van der Waals surface area contributed by atoms with Gasteiger partial charge in [-0.1, -0.05) is 6.07 Å². The Balaban J connectivity index is 3.03. The number of anilines is 1. The van der Waals surface area contributed by atoms with Gasteiger partial charge in [0.1, 0.15) is 11.8 Å². The van der Waals surface area contributed by atoms with Crippen LogP contribution >= 0.6 is 0 Å². The van der Waals surface area contributed by atoms with Gasteiger partial charge in [0.2, 0.25) is 0 Å². The summed E-state index contributed by atoms with van der Waals surface area (Å²) in [7, 11) is 0. The maximum absolute atomic E-state index is 12.1. The van der Waals surface area contributed by atoms with Crippen LogP contribution in [0.4, 0.5) is 18.9 Å². The predicted molar refractivity (Wildman–Crippen MR) is 45.5 cm³/mol. The smallest absolute Gasteiger partial charge is 0.407 e. The maximum Gasteiger partial charge on any atom is 0.407 e. The van der Waals surface area contributed by atoms with Crippen molar-refractivity contribution in [1.29, 1.82) is 0 Å². The lowest BCUT2D eigenvalue weighted by Gasteiger charge is -2.16. The van der Waals surface area contributed by atoms with Gasteiger partial charge in [-0.15, -0.1) is 0 Å². The zero-order valence-electron chi connectivity index (χ0n) is 7.05. The van der Waals surface area contributed by atoms with Crippen LogP contribution < -0.4 is 11.5 Å². The van der Waals surface area contributed by atoms with E-state index in [0.29, 0.717) is 0 Å². The summed E-state index contributed by atoms with van der Waals surface area (Å²) in [4.78, 5) is 0. The second kappa shape index (κ2) is 3.38. The third kappa shape index (κ3) is 2.08. The summed E-state index contributed by atoms with van der Waals surface area (Å²) < 4.78 is 36.4.